The van der Waals surface area contributed by atoms with Gasteiger partial charge in [0, 0.05) is 12.7 Å². The molecule has 0 saturated heterocycles. The summed E-state index contributed by atoms with van der Waals surface area (Å²) in [5, 5.41) is 8.81. The maximum Gasteiger partial charge on any atom is 0.307 e. The van der Waals surface area contributed by atoms with E-state index in [9.17, 15) is 9.59 Å². The average molecular weight is 233 g/mol. The highest BCUT2D eigenvalue weighted by Gasteiger charge is 2.49. The van der Waals surface area contributed by atoms with Crippen LogP contribution in [0, 0.1) is 18.8 Å². The Morgan fingerprint density at radius 2 is 1.94 bits per heavy atom. The van der Waals surface area contributed by atoms with Gasteiger partial charge < -0.3 is 10.0 Å². The molecule has 1 aromatic rings. The number of hydrogen-bond donors (Lipinski definition) is 1. The van der Waals surface area contributed by atoms with Gasteiger partial charge in [0.2, 0.25) is 5.91 Å². The van der Waals surface area contributed by atoms with Gasteiger partial charge in [0.15, 0.2) is 0 Å². The number of aliphatic carboxylic acids is 1. The SMILES string of the molecule is Cc1ccccc1N(C)C(=O)C1CC1C(=O)O. The van der Waals surface area contributed by atoms with E-state index in [0.717, 1.165) is 11.3 Å². The Morgan fingerprint density at radius 1 is 1.29 bits per heavy atom. The number of aryl methyl sites for hydroxylation is 1. The van der Waals surface area contributed by atoms with Crippen LogP contribution in [0.1, 0.15) is 12.0 Å². The fraction of sp³-hybridized carbons (Fsp3) is 0.385. The average Bonchev–Trinajstić information content (AvgIpc) is 3.08. The van der Waals surface area contributed by atoms with Crippen molar-refractivity contribution >= 4 is 17.6 Å². The third-order valence-electron chi connectivity index (χ3n) is 3.23. The van der Waals surface area contributed by atoms with Crippen molar-refractivity contribution in [1.29, 1.82) is 0 Å². The van der Waals surface area contributed by atoms with E-state index >= 15 is 0 Å². The Bertz CT molecular complexity index is 469. The molecule has 2 unspecified atom stereocenters. The Balaban J connectivity index is 2.12. The molecule has 1 fully saturated rings. The Labute approximate surface area is 99.9 Å². The van der Waals surface area contributed by atoms with Crippen molar-refractivity contribution in [2.24, 2.45) is 11.8 Å². The molecule has 4 heteroatoms. The summed E-state index contributed by atoms with van der Waals surface area (Å²) in [6.07, 6.45) is 0.463. The van der Waals surface area contributed by atoms with Gasteiger partial charge in [0.05, 0.1) is 11.8 Å². The Hall–Kier alpha value is -1.84. The summed E-state index contributed by atoms with van der Waals surface area (Å²) in [6, 6.07) is 7.58. The minimum Gasteiger partial charge on any atom is -0.481 e. The maximum atomic E-state index is 12.0. The first kappa shape index (κ1) is 11.6. The summed E-state index contributed by atoms with van der Waals surface area (Å²) in [5.74, 6) is -1.82. The number of carbonyl (C=O) groups excluding carboxylic acids is 1. The molecular formula is C13H15NO3. The predicted octanol–water partition coefficient (Wildman–Crippen LogP) is 1.68. The highest BCUT2D eigenvalue weighted by molar-refractivity contribution is 6.00. The molecule has 1 N–H and O–H groups in total. The van der Waals surface area contributed by atoms with Crippen LogP contribution in [0.3, 0.4) is 0 Å². The molecule has 1 amide bonds. The predicted molar refractivity (Wildman–Crippen MR) is 63.8 cm³/mol. The monoisotopic (exact) mass is 233 g/mol. The van der Waals surface area contributed by atoms with Gasteiger partial charge >= 0.3 is 5.97 Å². The maximum absolute atomic E-state index is 12.0. The molecule has 90 valence electrons. The van der Waals surface area contributed by atoms with Crippen LogP contribution in [0.4, 0.5) is 5.69 Å². The second kappa shape index (κ2) is 4.20. The third kappa shape index (κ3) is 2.16. The van der Waals surface area contributed by atoms with Crippen molar-refractivity contribution in [2.75, 3.05) is 11.9 Å². The zero-order valence-corrected chi connectivity index (χ0v) is 9.88. The third-order valence-corrected chi connectivity index (χ3v) is 3.23. The van der Waals surface area contributed by atoms with E-state index in [-0.39, 0.29) is 11.8 Å². The van der Waals surface area contributed by atoms with E-state index in [1.807, 2.05) is 31.2 Å². The molecule has 0 radical (unpaired) electrons. The summed E-state index contributed by atoms with van der Waals surface area (Å²) in [5.41, 5.74) is 1.85. The first-order chi connectivity index (χ1) is 8.02. The fourth-order valence-corrected chi connectivity index (χ4v) is 2.05. The molecule has 1 aliphatic rings. The van der Waals surface area contributed by atoms with Gasteiger partial charge in [0.1, 0.15) is 0 Å². The van der Waals surface area contributed by atoms with Crippen LogP contribution in [0.25, 0.3) is 0 Å². The lowest BCUT2D eigenvalue weighted by molar-refractivity contribution is -0.139. The van der Waals surface area contributed by atoms with Crippen molar-refractivity contribution in [3.8, 4) is 0 Å². The van der Waals surface area contributed by atoms with Crippen molar-refractivity contribution in [1.82, 2.24) is 0 Å². The van der Waals surface area contributed by atoms with Crippen LogP contribution in [0.15, 0.2) is 24.3 Å². The van der Waals surface area contributed by atoms with Gasteiger partial charge in [-0.25, -0.2) is 0 Å². The van der Waals surface area contributed by atoms with E-state index < -0.39 is 11.9 Å². The minimum absolute atomic E-state index is 0.105. The van der Waals surface area contributed by atoms with E-state index in [1.165, 1.54) is 0 Å². The van der Waals surface area contributed by atoms with Crippen LogP contribution >= 0.6 is 0 Å². The molecule has 0 aliphatic heterocycles. The van der Waals surface area contributed by atoms with Gasteiger partial charge in [-0.1, -0.05) is 18.2 Å². The smallest absolute Gasteiger partial charge is 0.307 e. The van der Waals surface area contributed by atoms with Gasteiger partial charge in [-0.2, -0.15) is 0 Å². The second-order valence-electron chi connectivity index (χ2n) is 4.47. The Kier molecular flexibility index (Phi) is 2.88. The standard InChI is InChI=1S/C13H15NO3/c1-8-5-3-4-6-11(8)14(2)12(15)9-7-10(9)13(16)17/h3-6,9-10H,7H2,1-2H3,(H,16,17). The number of amides is 1. The van der Waals surface area contributed by atoms with Crippen LogP contribution in [-0.2, 0) is 9.59 Å². The fourth-order valence-electron chi connectivity index (χ4n) is 2.05. The van der Waals surface area contributed by atoms with Crippen molar-refractivity contribution in [3.05, 3.63) is 29.8 Å². The summed E-state index contributed by atoms with van der Waals surface area (Å²) >= 11 is 0. The van der Waals surface area contributed by atoms with E-state index in [0.29, 0.717) is 6.42 Å². The quantitative estimate of drug-likeness (QED) is 0.864. The largest absolute Gasteiger partial charge is 0.481 e. The zero-order chi connectivity index (χ0) is 12.6. The first-order valence-corrected chi connectivity index (χ1v) is 5.58. The van der Waals surface area contributed by atoms with E-state index in [4.69, 9.17) is 5.11 Å². The van der Waals surface area contributed by atoms with E-state index in [1.54, 1.807) is 11.9 Å². The molecule has 0 aromatic heterocycles. The normalized spacial score (nSPS) is 22.0. The summed E-state index contributed by atoms with van der Waals surface area (Å²) in [7, 11) is 1.70. The molecule has 4 nitrogen and oxygen atoms in total. The highest BCUT2D eigenvalue weighted by atomic mass is 16.4. The van der Waals surface area contributed by atoms with Crippen LogP contribution in [-0.4, -0.2) is 24.0 Å². The molecule has 0 bridgehead atoms. The molecule has 1 aliphatic carbocycles. The van der Waals surface area contributed by atoms with E-state index in [2.05, 4.69) is 0 Å². The lowest BCUT2D eigenvalue weighted by Gasteiger charge is -2.19. The molecule has 2 rings (SSSR count). The van der Waals surface area contributed by atoms with Gasteiger partial charge in [-0.15, -0.1) is 0 Å². The molecule has 0 heterocycles. The topological polar surface area (TPSA) is 57.6 Å². The summed E-state index contributed by atoms with van der Waals surface area (Å²) in [4.78, 5) is 24.3. The first-order valence-electron chi connectivity index (χ1n) is 5.58. The molecule has 1 aromatic carbocycles. The zero-order valence-electron chi connectivity index (χ0n) is 9.88. The molecule has 17 heavy (non-hydrogen) atoms. The molecular weight excluding hydrogens is 218 g/mol. The molecule has 0 spiro atoms. The number of carbonyl (C=O) groups is 2. The number of carboxylic acids is 1. The number of para-hydroxylation sites is 1. The summed E-state index contributed by atoms with van der Waals surface area (Å²) in [6.45, 7) is 1.93. The minimum atomic E-state index is -0.874. The number of carboxylic acid groups (broad SMARTS) is 1. The van der Waals surface area contributed by atoms with Gasteiger partial charge in [0.25, 0.3) is 0 Å². The number of nitrogens with zero attached hydrogens (tertiary/aromatic N) is 1. The number of anilines is 1. The van der Waals surface area contributed by atoms with Crippen molar-refractivity contribution in [2.45, 2.75) is 13.3 Å². The van der Waals surface area contributed by atoms with Crippen LogP contribution in [0.5, 0.6) is 0 Å². The summed E-state index contributed by atoms with van der Waals surface area (Å²) < 4.78 is 0. The van der Waals surface area contributed by atoms with Gasteiger partial charge in [-0.3, -0.25) is 9.59 Å². The second-order valence-corrected chi connectivity index (χ2v) is 4.47. The van der Waals surface area contributed by atoms with Crippen molar-refractivity contribution < 1.29 is 14.7 Å². The highest BCUT2D eigenvalue weighted by Crippen LogP contribution is 2.40. The lowest BCUT2D eigenvalue weighted by Crippen LogP contribution is -2.29. The number of hydrogen-bond acceptors (Lipinski definition) is 2. The molecule has 1 saturated carbocycles. The molecule has 2 atom stereocenters. The number of benzene rings is 1. The number of rotatable bonds is 3. The van der Waals surface area contributed by atoms with Gasteiger partial charge in [-0.05, 0) is 25.0 Å². The van der Waals surface area contributed by atoms with Crippen molar-refractivity contribution in [3.63, 3.8) is 0 Å². The lowest BCUT2D eigenvalue weighted by atomic mass is 10.1. The Morgan fingerprint density at radius 3 is 2.47 bits per heavy atom. The van der Waals surface area contributed by atoms with Crippen LogP contribution in [0.2, 0.25) is 0 Å². The van der Waals surface area contributed by atoms with Crippen LogP contribution < -0.4 is 4.90 Å².